The third kappa shape index (κ3) is 4.19. The number of anilines is 1. The van der Waals surface area contributed by atoms with Gasteiger partial charge >= 0.3 is 0 Å². The standard InChI is InChI=1S/C20H26FN3O2/c1-20(2,3)19-22-14(13-25-4)11-18(23-19)24-9-10-26-17(12-24)15-7-5-6-8-16(15)21/h5-8,11,17H,9-10,12-13H2,1-4H3. The number of aromatic nitrogens is 2. The van der Waals surface area contributed by atoms with E-state index in [-0.39, 0.29) is 17.3 Å². The second kappa shape index (κ2) is 7.68. The maximum absolute atomic E-state index is 14.1. The number of nitrogens with zero attached hydrogens (tertiary/aromatic N) is 3. The highest BCUT2D eigenvalue weighted by Crippen LogP contribution is 2.28. The van der Waals surface area contributed by atoms with Crippen LogP contribution in [-0.4, -0.2) is 36.8 Å². The van der Waals surface area contributed by atoms with Gasteiger partial charge in [0, 0.05) is 37.2 Å². The molecule has 2 heterocycles. The number of halogens is 1. The fraction of sp³-hybridized carbons (Fsp3) is 0.500. The molecule has 1 aliphatic rings. The van der Waals surface area contributed by atoms with Gasteiger partial charge in [0.25, 0.3) is 0 Å². The quantitative estimate of drug-likeness (QED) is 0.834. The molecule has 0 spiro atoms. The molecule has 0 saturated carbocycles. The highest BCUT2D eigenvalue weighted by atomic mass is 19.1. The molecule has 0 radical (unpaired) electrons. The normalized spacial score (nSPS) is 18.2. The minimum atomic E-state index is -0.316. The SMILES string of the molecule is COCc1cc(N2CCOC(c3ccccc3F)C2)nc(C(C)(C)C)n1. The van der Waals surface area contributed by atoms with Crippen molar-refractivity contribution in [3.63, 3.8) is 0 Å². The summed E-state index contributed by atoms with van der Waals surface area (Å²) in [5.41, 5.74) is 1.26. The van der Waals surface area contributed by atoms with Crippen LogP contribution < -0.4 is 4.90 Å². The first-order valence-corrected chi connectivity index (χ1v) is 8.87. The molecule has 1 fully saturated rings. The molecule has 5 nitrogen and oxygen atoms in total. The Bertz CT molecular complexity index is 761. The number of ether oxygens (including phenoxy) is 2. The molecule has 1 aliphatic heterocycles. The van der Waals surface area contributed by atoms with Gasteiger partial charge in [-0.1, -0.05) is 39.0 Å². The zero-order valence-electron chi connectivity index (χ0n) is 15.8. The van der Waals surface area contributed by atoms with E-state index >= 15 is 0 Å². The van der Waals surface area contributed by atoms with Crippen molar-refractivity contribution in [1.82, 2.24) is 9.97 Å². The van der Waals surface area contributed by atoms with Gasteiger partial charge in [-0.2, -0.15) is 0 Å². The minimum Gasteiger partial charge on any atom is -0.378 e. The van der Waals surface area contributed by atoms with Crippen molar-refractivity contribution in [2.24, 2.45) is 0 Å². The fourth-order valence-corrected chi connectivity index (χ4v) is 2.98. The largest absolute Gasteiger partial charge is 0.378 e. The van der Waals surface area contributed by atoms with E-state index in [0.717, 1.165) is 17.3 Å². The highest BCUT2D eigenvalue weighted by Gasteiger charge is 2.27. The van der Waals surface area contributed by atoms with E-state index in [1.165, 1.54) is 6.07 Å². The number of rotatable bonds is 4. The maximum Gasteiger partial charge on any atom is 0.136 e. The zero-order valence-corrected chi connectivity index (χ0v) is 15.8. The molecule has 1 unspecified atom stereocenters. The van der Waals surface area contributed by atoms with Gasteiger partial charge in [0.15, 0.2) is 0 Å². The van der Waals surface area contributed by atoms with Crippen LogP contribution in [0.4, 0.5) is 10.2 Å². The zero-order chi connectivity index (χ0) is 18.7. The third-order valence-electron chi connectivity index (χ3n) is 4.37. The van der Waals surface area contributed by atoms with Gasteiger partial charge in [0.1, 0.15) is 23.6 Å². The molecule has 1 saturated heterocycles. The van der Waals surface area contributed by atoms with Crippen LogP contribution >= 0.6 is 0 Å². The molecule has 2 aromatic rings. The molecule has 1 aromatic carbocycles. The average Bonchev–Trinajstić information content (AvgIpc) is 2.61. The minimum absolute atomic E-state index is 0.171. The van der Waals surface area contributed by atoms with Crippen LogP contribution in [0.5, 0.6) is 0 Å². The summed E-state index contributed by atoms with van der Waals surface area (Å²) >= 11 is 0. The molecule has 26 heavy (non-hydrogen) atoms. The van der Waals surface area contributed by atoms with Gasteiger partial charge < -0.3 is 14.4 Å². The smallest absolute Gasteiger partial charge is 0.136 e. The lowest BCUT2D eigenvalue weighted by Gasteiger charge is -2.34. The lowest BCUT2D eigenvalue weighted by molar-refractivity contribution is 0.0372. The Morgan fingerprint density at radius 2 is 2.04 bits per heavy atom. The van der Waals surface area contributed by atoms with E-state index in [1.54, 1.807) is 19.2 Å². The fourth-order valence-electron chi connectivity index (χ4n) is 2.98. The Morgan fingerprint density at radius 3 is 2.73 bits per heavy atom. The van der Waals surface area contributed by atoms with Gasteiger partial charge in [-0.25, -0.2) is 14.4 Å². The molecule has 0 amide bonds. The molecule has 140 valence electrons. The van der Waals surface area contributed by atoms with Crippen LogP contribution in [0, 0.1) is 5.82 Å². The second-order valence-corrected chi connectivity index (χ2v) is 7.55. The molecular weight excluding hydrogens is 333 g/mol. The van der Waals surface area contributed by atoms with E-state index in [9.17, 15) is 4.39 Å². The lowest BCUT2D eigenvalue weighted by Crippen LogP contribution is -2.39. The first-order chi connectivity index (χ1) is 12.4. The van der Waals surface area contributed by atoms with Crippen LogP contribution in [0.2, 0.25) is 0 Å². The summed E-state index contributed by atoms with van der Waals surface area (Å²) in [5.74, 6) is 1.37. The van der Waals surface area contributed by atoms with Crippen molar-refractivity contribution in [2.75, 3.05) is 31.7 Å². The summed E-state index contributed by atoms with van der Waals surface area (Å²) in [7, 11) is 1.65. The van der Waals surface area contributed by atoms with Crippen molar-refractivity contribution < 1.29 is 13.9 Å². The van der Waals surface area contributed by atoms with Crippen molar-refractivity contribution in [2.45, 2.75) is 38.9 Å². The molecular formula is C20H26FN3O2. The van der Waals surface area contributed by atoms with Crippen LogP contribution in [0.15, 0.2) is 30.3 Å². The summed E-state index contributed by atoms with van der Waals surface area (Å²) in [6.07, 6.45) is -0.316. The summed E-state index contributed by atoms with van der Waals surface area (Å²) in [4.78, 5) is 11.5. The van der Waals surface area contributed by atoms with Crippen molar-refractivity contribution in [3.8, 4) is 0 Å². The number of morpholine rings is 1. The first kappa shape index (κ1) is 18.7. The Hall–Kier alpha value is -2.05. The van der Waals surface area contributed by atoms with E-state index in [4.69, 9.17) is 14.5 Å². The molecule has 1 aromatic heterocycles. The summed E-state index contributed by atoms with van der Waals surface area (Å²) in [5, 5.41) is 0. The molecule has 3 rings (SSSR count). The molecule has 0 aliphatic carbocycles. The number of hydrogen-bond donors (Lipinski definition) is 0. The van der Waals surface area contributed by atoms with Gasteiger partial charge in [-0.05, 0) is 6.07 Å². The van der Waals surface area contributed by atoms with Crippen LogP contribution in [0.1, 0.15) is 44.0 Å². The molecule has 0 N–H and O–H groups in total. The Balaban J connectivity index is 1.90. The number of methoxy groups -OCH3 is 1. The Morgan fingerprint density at radius 1 is 1.27 bits per heavy atom. The predicted octanol–water partition coefficient (Wildman–Crippen LogP) is 3.64. The molecule has 0 bridgehead atoms. The van der Waals surface area contributed by atoms with Crippen molar-refractivity contribution in [3.05, 3.63) is 53.2 Å². The van der Waals surface area contributed by atoms with Gasteiger partial charge in [0.05, 0.1) is 18.9 Å². The summed E-state index contributed by atoms with van der Waals surface area (Å²) < 4.78 is 25.2. The van der Waals surface area contributed by atoms with Crippen LogP contribution in [-0.2, 0) is 21.5 Å². The highest BCUT2D eigenvalue weighted by molar-refractivity contribution is 5.42. The Kier molecular flexibility index (Phi) is 5.53. The molecule has 1 atom stereocenters. The van der Waals surface area contributed by atoms with Crippen molar-refractivity contribution in [1.29, 1.82) is 0 Å². The predicted molar refractivity (Wildman–Crippen MR) is 98.8 cm³/mol. The number of hydrogen-bond acceptors (Lipinski definition) is 5. The average molecular weight is 359 g/mol. The lowest BCUT2D eigenvalue weighted by atomic mass is 9.95. The van der Waals surface area contributed by atoms with Gasteiger partial charge in [0.2, 0.25) is 0 Å². The van der Waals surface area contributed by atoms with Crippen LogP contribution in [0.25, 0.3) is 0 Å². The van der Waals surface area contributed by atoms with E-state index < -0.39 is 0 Å². The second-order valence-electron chi connectivity index (χ2n) is 7.55. The maximum atomic E-state index is 14.1. The Labute approximate surface area is 154 Å². The van der Waals surface area contributed by atoms with Gasteiger partial charge in [-0.3, -0.25) is 0 Å². The third-order valence-corrected chi connectivity index (χ3v) is 4.37. The van der Waals surface area contributed by atoms with Crippen LogP contribution in [0.3, 0.4) is 0 Å². The van der Waals surface area contributed by atoms with Crippen molar-refractivity contribution >= 4 is 5.82 Å². The van der Waals surface area contributed by atoms with E-state index in [0.29, 0.717) is 31.9 Å². The first-order valence-electron chi connectivity index (χ1n) is 8.87. The summed E-state index contributed by atoms with van der Waals surface area (Å²) in [6, 6.07) is 8.72. The topological polar surface area (TPSA) is 47.5 Å². The van der Waals surface area contributed by atoms with E-state index in [1.807, 2.05) is 12.1 Å². The monoisotopic (exact) mass is 359 g/mol. The summed E-state index contributed by atoms with van der Waals surface area (Å²) in [6.45, 7) is 8.47. The van der Waals surface area contributed by atoms with E-state index in [2.05, 4.69) is 30.7 Å². The molecule has 6 heteroatoms. The number of benzene rings is 1. The van der Waals surface area contributed by atoms with Gasteiger partial charge in [-0.15, -0.1) is 0 Å².